The number of nitrogens with two attached hydrogens (primary N) is 1. The van der Waals surface area contributed by atoms with Gasteiger partial charge in [-0.25, -0.2) is 28.2 Å². The van der Waals surface area contributed by atoms with Crippen molar-refractivity contribution in [3.8, 4) is 22.9 Å². The van der Waals surface area contributed by atoms with Crippen LogP contribution in [0.3, 0.4) is 0 Å². The summed E-state index contributed by atoms with van der Waals surface area (Å²) in [6.07, 6.45) is 2.62. The van der Waals surface area contributed by atoms with Crippen molar-refractivity contribution in [3.05, 3.63) is 48.0 Å². The minimum Gasteiger partial charge on any atom is -0.481 e. The number of hydrogen-bond acceptors (Lipinski definition) is 6. The first-order valence-electron chi connectivity index (χ1n) is 9.57. The number of aromatic nitrogens is 3. The van der Waals surface area contributed by atoms with Crippen LogP contribution in [0.5, 0.6) is 11.8 Å². The second-order valence-corrected chi connectivity index (χ2v) is 8.96. The summed E-state index contributed by atoms with van der Waals surface area (Å²) in [7, 11) is -2.19. The molecule has 4 rings (SSSR count). The molecule has 2 atom stereocenters. The average Bonchev–Trinajstić information content (AvgIpc) is 3.30. The van der Waals surface area contributed by atoms with Gasteiger partial charge in [-0.1, -0.05) is 0 Å². The van der Waals surface area contributed by atoms with E-state index in [1.54, 1.807) is 12.1 Å². The van der Waals surface area contributed by atoms with Crippen LogP contribution >= 0.6 is 0 Å². The van der Waals surface area contributed by atoms with E-state index in [1.807, 2.05) is 6.92 Å². The fourth-order valence-electron chi connectivity index (χ4n) is 3.36. The molecule has 1 aromatic carbocycles. The number of rotatable bonds is 4. The lowest BCUT2D eigenvalue weighted by Gasteiger charge is -2.14. The first-order chi connectivity index (χ1) is 15.2. The summed E-state index contributed by atoms with van der Waals surface area (Å²) in [6.45, 7) is 3.80. The van der Waals surface area contributed by atoms with Gasteiger partial charge in [-0.05, 0) is 37.6 Å². The average molecular weight is 460 g/mol. The van der Waals surface area contributed by atoms with Crippen LogP contribution in [0.1, 0.15) is 12.5 Å². The Morgan fingerprint density at radius 2 is 2.22 bits per heavy atom. The van der Waals surface area contributed by atoms with Crippen LogP contribution in [0.15, 0.2) is 45.9 Å². The van der Waals surface area contributed by atoms with Gasteiger partial charge in [-0.2, -0.15) is 5.10 Å². The number of carbonyl (C=O) groups excluding carboxylic acids is 1. The summed E-state index contributed by atoms with van der Waals surface area (Å²) in [6, 6.07) is 5.11. The quantitative estimate of drug-likeness (QED) is 0.614. The van der Waals surface area contributed by atoms with Gasteiger partial charge in [0.1, 0.15) is 16.8 Å². The monoisotopic (exact) mass is 460 g/mol. The van der Waals surface area contributed by atoms with E-state index in [1.165, 1.54) is 43.2 Å². The molecule has 1 aliphatic heterocycles. The summed E-state index contributed by atoms with van der Waals surface area (Å²) < 4.78 is 43.2. The fourth-order valence-corrected chi connectivity index (χ4v) is 4.35. The number of fused-ring (bicyclic) bond motifs is 1. The highest BCUT2D eigenvalue weighted by molar-refractivity contribution is 7.91. The highest BCUT2D eigenvalue weighted by Crippen LogP contribution is 2.34. The molecular formula is C20H21FN6O4S. The van der Waals surface area contributed by atoms with Crippen molar-refractivity contribution in [1.82, 2.24) is 14.8 Å². The number of pyridine rings is 1. The number of anilines is 1. The van der Waals surface area contributed by atoms with Gasteiger partial charge < -0.3 is 14.8 Å². The van der Waals surface area contributed by atoms with Gasteiger partial charge in [0.2, 0.25) is 11.8 Å². The molecule has 2 aromatic heterocycles. The van der Waals surface area contributed by atoms with E-state index in [2.05, 4.69) is 19.8 Å². The number of carbonyl (C=O) groups is 1. The van der Waals surface area contributed by atoms with E-state index in [-0.39, 0.29) is 28.1 Å². The standard InChI is InChI=1S/C20H21FN6O4S/c1-11-10-27-19(31-11)16(9-24-27)32(22,29)26-20(28)25-18-12(2)15(21)5-4-14(18)13-6-7-23-17(8-13)30-3/h4-9,11H,10H2,1-3H3,(H3,22,25,26,28,29)/t11-,32?/m0/s1. The normalized spacial score (nSPS) is 16.6. The lowest BCUT2D eigenvalue weighted by Crippen LogP contribution is -2.19. The first kappa shape index (κ1) is 21.7. The number of urea groups is 1. The van der Waals surface area contributed by atoms with Crippen molar-refractivity contribution in [1.29, 1.82) is 0 Å². The molecule has 0 saturated heterocycles. The smallest absolute Gasteiger partial charge is 0.354 e. The Morgan fingerprint density at radius 1 is 1.44 bits per heavy atom. The van der Waals surface area contributed by atoms with Crippen molar-refractivity contribution < 1.29 is 22.9 Å². The summed E-state index contributed by atoms with van der Waals surface area (Å²) in [5.41, 5.74) is 1.46. The molecule has 168 valence electrons. The highest BCUT2D eigenvalue weighted by Gasteiger charge is 2.28. The summed E-state index contributed by atoms with van der Waals surface area (Å²) in [5, 5.41) is 12.5. The summed E-state index contributed by atoms with van der Waals surface area (Å²) >= 11 is 0. The van der Waals surface area contributed by atoms with Crippen LogP contribution in [0, 0.1) is 12.7 Å². The van der Waals surface area contributed by atoms with Crippen molar-refractivity contribution in [2.45, 2.75) is 31.4 Å². The number of hydrogen-bond donors (Lipinski definition) is 2. The minimum absolute atomic E-state index is 0.0204. The Labute approximate surface area is 183 Å². The number of benzene rings is 1. The summed E-state index contributed by atoms with van der Waals surface area (Å²) in [4.78, 5) is 16.8. The van der Waals surface area contributed by atoms with Gasteiger partial charge >= 0.3 is 6.03 Å². The Morgan fingerprint density at radius 3 is 2.97 bits per heavy atom. The molecule has 10 nitrogen and oxygen atoms in total. The largest absolute Gasteiger partial charge is 0.481 e. The molecule has 3 aromatic rings. The molecule has 12 heteroatoms. The SMILES string of the molecule is COc1cc(-c2ccc(F)c(C)c2NC(=O)N=S(N)(=O)c2cnn3c2O[C@@H](C)C3)ccn1. The van der Waals surface area contributed by atoms with E-state index in [4.69, 9.17) is 14.6 Å². The van der Waals surface area contributed by atoms with E-state index < -0.39 is 21.8 Å². The van der Waals surface area contributed by atoms with E-state index >= 15 is 0 Å². The molecule has 0 saturated carbocycles. The lowest BCUT2D eigenvalue weighted by atomic mass is 10.0. The molecule has 3 N–H and O–H groups in total. The van der Waals surface area contributed by atoms with Crippen LogP contribution < -0.4 is 19.9 Å². The van der Waals surface area contributed by atoms with Crippen molar-refractivity contribution in [2.24, 2.45) is 9.50 Å². The van der Waals surface area contributed by atoms with Crippen LogP contribution in [-0.2, 0) is 16.5 Å². The molecule has 1 aliphatic rings. The van der Waals surface area contributed by atoms with Gasteiger partial charge in [-0.3, -0.25) is 0 Å². The van der Waals surface area contributed by atoms with Crippen molar-refractivity contribution in [3.63, 3.8) is 0 Å². The summed E-state index contributed by atoms with van der Waals surface area (Å²) in [5.74, 6) is 0.0316. The maximum atomic E-state index is 14.3. The van der Waals surface area contributed by atoms with Crippen LogP contribution in [0.25, 0.3) is 11.1 Å². The van der Waals surface area contributed by atoms with Gasteiger partial charge in [0.25, 0.3) is 0 Å². The molecule has 0 fully saturated rings. The molecule has 3 heterocycles. The van der Waals surface area contributed by atoms with Crippen molar-refractivity contribution >= 4 is 21.6 Å². The van der Waals surface area contributed by atoms with E-state index in [0.717, 1.165) is 0 Å². The van der Waals surface area contributed by atoms with Crippen molar-refractivity contribution in [2.75, 3.05) is 12.4 Å². The molecule has 0 radical (unpaired) electrons. The Hall–Kier alpha value is -3.51. The van der Waals surface area contributed by atoms with Crippen LogP contribution in [0.2, 0.25) is 0 Å². The topological polar surface area (TPSA) is 134 Å². The predicted molar refractivity (Wildman–Crippen MR) is 115 cm³/mol. The minimum atomic E-state index is -3.67. The maximum Gasteiger partial charge on any atom is 0.354 e. The highest BCUT2D eigenvalue weighted by atomic mass is 32.2. The zero-order valence-corrected chi connectivity index (χ0v) is 18.4. The Bertz CT molecular complexity index is 1330. The lowest BCUT2D eigenvalue weighted by molar-refractivity contribution is 0.248. The van der Waals surface area contributed by atoms with E-state index in [0.29, 0.717) is 23.6 Å². The molecule has 2 amide bonds. The first-order valence-corrected chi connectivity index (χ1v) is 11.2. The molecular weight excluding hydrogens is 439 g/mol. The third-order valence-corrected chi connectivity index (χ3v) is 6.27. The second kappa shape index (κ2) is 8.20. The zero-order chi connectivity index (χ0) is 23.0. The fraction of sp³-hybridized carbons (Fsp3) is 0.250. The molecule has 0 spiro atoms. The van der Waals surface area contributed by atoms with Gasteiger partial charge in [0.15, 0.2) is 9.92 Å². The van der Waals surface area contributed by atoms with Crippen LogP contribution in [0.4, 0.5) is 14.9 Å². The molecule has 0 aliphatic carbocycles. The third-order valence-electron chi connectivity index (χ3n) is 4.92. The number of halogens is 1. The molecule has 0 bridgehead atoms. The number of amides is 2. The predicted octanol–water partition coefficient (Wildman–Crippen LogP) is 3.11. The number of nitrogens with zero attached hydrogens (tertiary/aromatic N) is 4. The number of ether oxygens (including phenoxy) is 2. The maximum absolute atomic E-state index is 14.3. The van der Waals surface area contributed by atoms with Gasteiger partial charge in [0, 0.05) is 23.4 Å². The second-order valence-electron chi connectivity index (χ2n) is 7.20. The Kier molecular flexibility index (Phi) is 5.57. The number of nitrogens with one attached hydrogen (secondary N) is 1. The number of methoxy groups -OCH3 is 1. The molecule has 32 heavy (non-hydrogen) atoms. The van der Waals surface area contributed by atoms with Crippen LogP contribution in [-0.4, -0.2) is 38.2 Å². The molecule has 1 unspecified atom stereocenters. The van der Waals surface area contributed by atoms with Gasteiger partial charge in [-0.15, -0.1) is 4.36 Å². The zero-order valence-electron chi connectivity index (χ0n) is 17.5. The van der Waals surface area contributed by atoms with Gasteiger partial charge in [0.05, 0.1) is 25.5 Å². The third kappa shape index (κ3) is 4.01. The van der Waals surface area contributed by atoms with E-state index in [9.17, 15) is 13.4 Å². The Balaban J connectivity index is 1.71.